The Balaban J connectivity index is 1.76. The van der Waals surface area contributed by atoms with Crippen LogP contribution in [0, 0.1) is 0 Å². The van der Waals surface area contributed by atoms with Crippen molar-refractivity contribution in [3.8, 4) is 0 Å². The van der Waals surface area contributed by atoms with E-state index < -0.39 is 0 Å². The molecule has 0 saturated carbocycles. The first-order chi connectivity index (χ1) is 9.15. The fourth-order valence-electron chi connectivity index (χ4n) is 1.69. The molecule has 4 N–H and O–H groups in total. The molecule has 0 spiro atoms. The van der Waals surface area contributed by atoms with Crippen molar-refractivity contribution in [1.29, 1.82) is 0 Å². The Bertz CT molecular complexity index is 546. The highest BCUT2D eigenvalue weighted by atomic mass is 16.2. The molecular weight excluding hydrogens is 242 g/mol. The average Bonchev–Trinajstić information content (AvgIpc) is 2.78. The fraction of sp³-hybridized carbons (Fsp3) is 0.231. The second kappa shape index (κ2) is 5.90. The predicted molar refractivity (Wildman–Crippen MR) is 74.8 cm³/mol. The third-order valence-electron chi connectivity index (χ3n) is 2.76. The topological polar surface area (TPSA) is 85.0 Å². The molecule has 0 unspecified atom stereocenters. The molecule has 2 amide bonds. The van der Waals surface area contributed by atoms with Gasteiger partial charge in [-0.1, -0.05) is 0 Å². The summed E-state index contributed by atoms with van der Waals surface area (Å²) in [5.74, 6) is 0. The van der Waals surface area contributed by atoms with Crippen LogP contribution < -0.4 is 16.4 Å². The van der Waals surface area contributed by atoms with E-state index in [2.05, 4.69) is 15.7 Å². The van der Waals surface area contributed by atoms with E-state index in [4.69, 9.17) is 5.73 Å². The molecule has 6 nitrogen and oxygen atoms in total. The van der Waals surface area contributed by atoms with Gasteiger partial charge in [-0.05, 0) is 30.3 Å². The Hall–Kier alpha value is -2.50. The minimum absolute atomic E-state index is 0.230. The quantitative estimate of drug-likeness (QED) is 0.725. The fourth-order valence-corrected chi connectivity index (χ4v) is 1.69. The first-order valence-electron chi connectivity index (χ1n) is 6.02. The number of nitrogens with zero attached hydrogens (tertiary/aromatic N) is 2. The summed E-state index contributed by atoms with van der Waals surface area (Å²) in [6.07, 6.45) is 2.48. The van der Waals surface area contributed by atoms with Crippen molar-refractivity contribution < 1.29 is 4.79 Å². The third kappa shape index (κ3) is 3.74. The number of nitrogens with one attached hydrogen (secondary N) is 2. The minimum atomic E-state index is -0.230. The molecule has 6 heteroatoms. The Kier molecular flexibility index (Phi) is 4.02. The van der Waals surface area contributed by atoms with E-state index in [-0.39, 0.29) is 6.03 Å². The number of amides is 2. The normalized spacial score (nSPS) is 10.2. The molecule has 19 heavy (non-hydrogen) atoms. The maximum Gasteiger partial charge on any atom is 0.319 e. The summed E-state index contributed by atoms with van der Waals surface area (Å²) in [5.41, 5.74) is 8.03. The lowest BCUT2D eigenvalue weighted by Crippen LogP contribution is -2.30. The summed E-state index contributed by atoms with van der Waals surface area (Å²) < 4.78 is 1.79. The zero-order valence-corrected chi connectivity index (χ0v) is 10.8. The van der Waals surface area contributed by atoms with Crippen molar-refractivity contribution in [1.82, 2.24) is 15.1 Å². The van der Waals surface area contributed by atoms with Crippen LogP contribution in [0.25, 0.3) is 0 Å². The van der Waals surface area contributed by atoms with Crippen molar-refractivity contribution >= 4 is 17.4 Å². The van der Waals surface area contributed by atoms with E-state index in [0.717, 1.165) is 12.1 Å². The van der Waals surface area contributed by atoms with E-state index in [1.807, 2.05) is 13.1 Å². The van der Waals surface area contributed by atoms with Gasteiger partial charge in [-0.15, -0.1) is 0 Å². The number of benzene rings is 1. The summed E-state index contributed by atoms with van der Waals surface area (Å²) in [5, 5.41) is 9.59. The van der Waals surface area contributed by atoms with Crippen molar-refractivity contribution in [2.45, 2.75) is 6.42 Å². The summed E-state index contributed by atoms with van der Waals surface area (Å²) in [4.78, 5) is 11.6. The number of carbonyl (C=O) groups excluding carboxylic acids is 1. The van der Waals surface area contributed by atoms with Crippen LogP contribution in [0.1, 0.15) is 5.69 Å². The molecule has 0 fully saturated rings. The number of aryl methyl sites for hydroxylation is 1. The van der Waals surface area contributed by atoms with E-state index in [0.29, 0.717) is 17.9 Å². The number of anilines is 2. The lowest BCUT2D eigenvalue weighted by molar-refractivity contribution is 0.252. The van der Waals surface area contributed by atoms with Gasteiger partial charge in [0.05, 0.1) is 0 Å². The number of nitrogens with two attached hydrogens (primary N) is 1. The largest absolute Gasteiger partial charge is 0.399 e. The Morgan fingerprint density at radius 1 is 1.32 bits per heavy atom. The van der Waals surface area contributed by atoms with Gasteiger partial charge in [-0.25, -0.2) is 4.79 Å². The molecule has 0 aliphatic carbocycles. The highest BCUT2D eigenvalue weighted by molar-refractivity contribution is 5.89. The molecule has 2 aromatic rings. The lowest BCUT2D eigenvalue weighted by Gasteiger charge is -2.08. The molecule has 0 bridgehead atoms. The second-order valence-corrected chi connectivity index (χ2v) is 4.20. The summed E-state index contributed by atoms with van der Waals surface area (Å²) >= 11 is 0. The Morgan fingerprint density at radius 2 is 2.05 bits per heavy atom. The molecule has 1 aromatic heterocycles. The molecule has 0 aliphatic rings. The van der Waals surface area contributed by atoms with Crippen molar-refractivity contribution in [3.05, 3.63) is 42.2 Å². The van der Waals surface area contributed by atoms with Crippen LogP contribution in [0.2, 0.25) is 0 Å². The maximum atomic E-state index is 11.6. The second-order valence-electron chi connectivity index (χ2n) is 4.20. The zero-order valence-electron chi connectivity index (χ0n) is 10.8. The highest BCUT2D eigenvalue weighted by Crippen LogP contribution is 2.09. The van der Waals surface area contributed by atoms with Gasteiger partial charge in [0.1, 0.15) is 0 Å². The van der Waals surface area contributed by atoms with E-state index in [1.54, 1.807) is 35.1 Å². The zero-order chi connectivity index (χ0) is 13.7. The van der Waals surface area contributed by atoms with Gasteiger partial charge in [0.25, 0.3) is 0 Å². The van der Waals surface area contributed by atoms with Crippen LogP contribution in [-0.4, -0.2) is 22.4 Å². The standard InChI is InChI=1S/C13H17N5O/c1-18-12(7-9-16-18)6-8-15-13(19)17-11-4-2-10(14)3-5-11/h2-5,7,9H,6,8,14H2,1H3,(H2,15,17,19). The molecule has 1 heterocycles. The number of nitrogen functional groups attached to an aromatic ring is 1. The van der Waals surface area contributed by atoms with Crippen LogP contribution >= 0.6 is 0 Å². The van der Waals surface area contributed by atoms with E-state index in [1.165, 1.54) is 0 Å². The van der Waals surface area contributed by atoms with Crippen LogP contribution in [0.4, 0.5) is 16.2 Å². The van der Waals surface area contributed by atoms with Gasteiger partial charge < -0.3 is 16.4 Å². The Labute approximate surface area is 111 Å². The van der Waals surface area contributed by atoms with Gasteiger partial charge in [-0.2, -0.15) is 5.10 Å². The van der Waals surface area contributed by atoms with Crippen LogP contribution in [0.3, 0.4) is 0 Å². The van der Waals surface area contributed by atoms with E-state index >= 15 is 0 Å². The predicted octanol–water partition coefficient (Wildman–Crippen LogP) is 1.37. The van der Waals surface area contributed by atoms with E-state index in [9.17, 15) is 4.79 Å². The Morgan fingerprint density at radius 3 is 2.68 bits per heavy atom. The summed E-state index contributed by atoms with van der Waals surface area (Å²) in [6.45, 7) is 0.556. The average molecular weight is 259 g/mol. The number of hydrogen-bond donors (Lipinski definition) is 3. The summed E-state index contributed by atoms with van der Waals surface area (Å²) in [6, 6.07) is 8.70. The molecule has 0 aliphatic heterocycles. The number of hydrogen-bond acceptors (Lipinski definition) is 3. The molecule has 1 aromatic carbocycles. The van der Waals surface area contributed by atoms with Gasteiger partial charge in [0.15, 0.2) is 0 Å². The van der Waals surface area contributed by atoms with Crippen LogP contribution in [0.5, 0.6) is 0 Å². The third-order valence-corrected chi connectivity index (χ3v) is 2.76. The number of aromatic nitrogens is 2. The van der Waals surface area contributed by atoms with Gasteiger partial charge in [0.2, 0.25) is 0 Å². The number of carbonyl (C=O) groups is 1. The smallest absolute Gasteiger partial charge is 0.319 e. The van der Waals surface area contributed by atoms with Crippen LogP contribution in [-0.2, 0) is 13.5 Å². The van der Waals surface area contributed by atoms with Crippen LogP contribution in [0.15, 0.2) is 36.5 Å². The molecule has 0 radical (unpaired) electrons. The van der Waals surface area contributed by atoms with Crippen molar-refractivity contribution in [3.63, 3.8) is 0 Å². The van der Waals surface area contributed by atoms with Gasteiger partial charge in [-0.3, -0.25) is 4.68 Å². The van der Waals surface area contributed by atoms with Gasteiger partial charge >= 0.3 is 6.03 Å². The first kappa shape index (κ1) is 12.9. The van der Waals surface area contributed by atoms with Crippen molar-refractivity contribution in [2.24, 2.45) is 7.05 Å². The highest BCUT2D eigenvalue weighted by Gasteiger charge is 2.02. The lowest BCUT2D eigenvalue weighted by atomic mass is 10.3. The monoisotopic (exact) mass is 259 g/mol. The van der Waals surface area contributed by atoms with Gasteiger partial charge in [0, 0.05) is 43.3 Å². The SMILES string of the molecule is Cn1nccc1CCNC(=O)Nc1ccc(N)cc1. The van der Waals surface area contributed by atoms with Crippen molar-refractivity contribution in [2.75, 3.05) is 17.6 Å². The summed E-state index contributed by atoms with van der Waals surface area (Å²) in [7, 11) is 1.88. The molecule has 0 atom stereocenters. The molecule has 0 saturated heterocycles. The maximum absolute atomic E-state index is 11.6. The molecular formula is C13H17N5O. The molecule has 100 valence electrons. The number of rotatable bonds is 4. The minimum Gasteiger partial charge on any atom is -0.399 e. The number of urea groups is 1. The molecule has 2 rings (SSSR count). The first-order valence-corrected chi connectivity index (χ1v) is 6.02.